The van der Waals surface area contributed by atoms with Crippen LogP contribution in [0.15, 0.2) is 59.3 Å². The zero-order chi connectivity index (χ0) is 18.1. The Kier molecular flexibility index (Phi) is 4.41. The highest BCUT2D eigenvalue weighted by Gasteiger charge is 2.17. The van der Waals surface area contributed by atoms with E-state index in [2.05, 4.69) is 56.3 Å². The number of nitrogens with one attached hydrogen (secondary N) is 1. The fourth-order valence-corrected chi connectivity index (χ4v) is 4.20. The highest BCUT2D eigenvalue weighted by Crippen LogP contribution is 2.41. The van der Waals surface area contributed by atoms with Crippen LogP contribution in [0.1, 0.15) is 10.4 Å². The third-order valence-corrected chi connectivity index (χ3v) is 5.64. The minimum Gasteiger partial charge on any atom is -0.338 e. The van der Waals surface area contributed by atoms with Gasteiger partial charge in [0, 0.05) is 14.9 Å². The molecule has 4 rings (SSSR count). The molecule has 0 unspecified atom stereocenters. The maximum Gasteiger partial charge on any atom is 0.143 e. The molecule has 0 aliphatic rings. The van der Waals surface area contributed by atoms with E-state index < -0.39 is 0 Å². The van der Waals surface area contributed by atoms with E-state index in [1.807, 2.05) is 30.3 Å². The SMILES string of the molecule is Cc1sc2ncnc(Nc3ccccc3C#N)c2c1-c1ccc(Br)cc1. The number of fused-ring (bicyclic) bond motifs is 1. The van der Waals surface area contributed by atoms with Crippen LogP contribution in [0.25, 0.3) is 21.3 Å². The lowest BCUT2D eigenvalue weighted by molar-refractivity contribution is 1.23. The minimum absolute atomic E-state index is 0.580. The molecule has 4 nitrogen and oxygen atoms in total. The predicted molar refractivity (Wildman–Crippen MR) is 110 cm³/mol. The van der Waals surface area contributed by atoms with Crippen LogP contribution in [0.2, 0.25) is 0 Å². The number of hydrogen-bond acceptors (Lipinski definition) is 5. The third-order valence-electron chi connectivity index (χ3n) is 4.10. The van der Waals surface area contributed by atoms with Crippen LogP contribution in [-0.4, -0.2) is 9.97 Å². The second-order valence-electron chi connectivity index (χ2n) is 5.72. The molecule has 0 fully saturated rings. The zero-order valence-electron chi connectivity index (χ0n) is 13.8. The monoisotopic (exact) mass is 420 g/mol. The standard InChI is InChI=1S/C20H13BrN4S/c1-12-17(13-6-8-15(21)9-7-13)18-19(23-11-24-20(18)26-12)25-16-5-3-2-4-14(16)10-22/h2-9,11H,1H3,(H,23,24,25). The summed E-state index contributed by atoms with van der Waals surface area (Å²) in [6.45, 7) is 2.09. The van der Waals surface area contributed by atoms with Crippen molar-refractivity contribution in [2.75, 3.05) is 5.32 Å². The zero-order valence-corrected chi connectivity index (χ0v) is 16.2. The molecule has 0 aliphatic carbocycles. The summed E-state index contributed by atoms with van der Waals surface area (Å²) >= 11 is 5.13. The maximum atomic E-state index is 9.35. The molecule has 0 saturated carbocycles. The molecule has 4 aromatic rings. The summed E-state index contributed by atoms with van der Waals surface area (Å²) in [6.07, 6.45) is 1.56. The molecule has 126 valence electrons. The Bertz CT molecular complexity index is 1140. The van der Waals surface area contributed by atoms with E-state index in [0.29, 0.717) is 11.4 Å². The first-order chi connectivity index (χ1) is 12.7. The van der Waals surface area contributed by atoms with Crippen LogP contribution in [-0.2, 0) is 0 Å². The van der Waals surface area contributed by atoms with Gasteiger partial charge >= 0.3 is 0 Å². The van der Waals surface area contributed by atoms with Crippen molar-refractivity contribution >= 4 is 49.0 Å². The average molecular weight is 421 g/mol. The highest BCUT2D eigenvalue weighted by atomic mass is 79.9. The van der Waals surface area contributed by atoms with E-state index in [1.165, 1.54) is 4.88 Å². The molecule has 0 saturated heterocycles. The molecule has 0 radical (unpaired) electrons. The number of benzene rings is 2. The van der Waals surface area contributed by atoms with Crippen molar-refractivity contribution in [2.45, 2.75) is 6.92 Å². The quantitative estimate of drug-likeness (QED) is 0.438. The average Bonchev–Trinajstić information content (AvgIpc) is 3.00. The predicted octanol–water partition coefficient (Wildman–Crippen LogP) is 6.04. The Morgan fingerprint density at radius 1 is 1.08 bits per heavy atom. The van der Waals surface area contributed by atoms with E-state index in [-0.39, 0.29) is 0 Å². The van der Waals surface area contributed by atoms with Gasteiger partial charge in [-0.15, -0.1) is 11.3 Å². The summed E-state index contributed by atoms with van der Waals surface area (Å²) < 4.78 is 1.04. The Balaban J connectivity index is 1.91. The molecule has 2 heterocycles. The molecule has 0 bridgehead atoms. The van der Waals surface area contributed by atoms with Crippen molar-refractivity contribution < 1.29 is 0 Å². The van der Waals surface area contributed by atoms with E-state index in [9.17, 15) is 5.26 Å². The molecule has 0 atom stereocenters. The number of thiophene rings is 1. The van der Waals surface area contributed by atoms with Gasteiger partial charge in [0.05, 0.1) is 16.6 Å². The van der Waals surface area contributed by atoms with Crippen LogP contribution in [0.4, 0.5) is 11.5 Å². The maximum absolute atomic E-state index is 9.35. The summed E-state index contributed by atoms with van der Waals surface area (Å²) in [6, 6.07) is 17.8. The normalized spacial score (nSPS) is 10.7. The lowest BCUT2D eigenvalue weighted by Gasteiger charge is -2.10. The topological polar surface area (TPSA) is 61.6 Å². The Morgan fingerprint density at radius 2 is 1.85 bits per heavy atom. The first-order valence-corrected chi connectivity index (χ1v) is 9.54. The van der Waals surface area contributed by atoms with Crippen LogP contribution in [0.5, 0.6) is 0 Å². The summed E-state index contributed by atoms with van der Waals surface area (Å²) in [5.41, 5.74) is 3.55. The van der Waals surface area contributed by atoms with Gasteiger partial charge in [-0.2, -0.15) is 5.26 Å². The van der Waals surface area contributed by atoms with Gasteiger partial charge in [0.2, 0.25) is 0 Å². The number of aromatic nitrogens is 2. The fraction of sp³-hybridized carbons (Fsp3) is 0.0500. The van der Waals surface area contributed by atoms with Gasteiger partial charge in [0.15, 0.2) is 0 Å². The number of rotatable bonds is 3. The second-order valence-corrected chi connectivity index (χ2v) is 7.84. The number of anilines is 2. The van der Waals surface area contributed by atoms with Gasteiger partial charge in [-0.3, -0.25) is 0 Å². The van der Waals surface area contributed by atoms with Crippen LogP contribution in [0.3, 0.4) is 0 Å². The van der Waals surface area contributed by atoms with Crippen molar-refractivity contribution in [1.29, 1.82) is 5.26 Å². The molecule has 0 aliphatic heterocycles. The highest BCUT2D eigenvalue weighted by molar-refractivity contribution is 9.10. The van der Waals surface area contributed by atoms with Gasteiger partial charge in [-0.05, 0) is 36.8 Å². The van der Waals surface area contributed by atoms with Crippen LogP contribution in [0, 0.1) is 18.3 Å². The second kappa shape index (κ2) is 6.87. The number of aryl methyl sites for hydroxylation is 1. The first-order valence-electron chi connectivity index (χ1n) is 7.93. The summed E-state index contributed by atoms with van der Waals surface area (Å²) in [5, 5.41) is 13.6. The van der Waals surface area contributed by atoms with E-state index >= 15 is 0 Å². The molecule has 0 amide bonds. The summed E-state index contributed by atoms with van der Waals surface area (Å²) in [7, 11) is 0. The number of halogens is 1. The molecule has 2 aromatic carbocycles. The third kappa shape index (κ3) is 2.96. The number of para-hydroxylation sites is 1. The molecular weight excluding hydrogens is 408 g/mol. The van der Waals surface area contributed by atoms with Crippen molar-refractivity contribution in [1.82, 2.24) is 9.97 Å². The Morgan fingerprint density at radius 3 is 2.62 bits per heavy atom. The number of nitrogens with zero attached hydrogens (tertiary/aromatic N) is 3. The largest absolute Gasteiger partial charge is 0.338 e. The van der Waals surface area contributed by atoms with Crippen molar-refractivity contribution in [3.8, 4) is 17.2 Å². The van der Waals surface area contributed by atoms with Crippen LogP contribution >= 0.6 is 27.3 Å². The summed E-state index contributed by atoms with van der Waals surface area (Å²) in [4.78, 5) is 11.0. The van der Waals surface area contributed by atoms with Crippen molar-refractivity contribution in [3.63, 3.8) is 0 Å². The Labute approximate surface area is 163 Å². The molecule has 1 N–H and O–H groups in total. The molecule has 26 heavy (non-hydrogen) atoms. The van der Waals surface area contributed by atoms with E-state index in [0.717, 1.165) is 31.5 Å². The fourth-order valence-electron chi connectivity index (χ4n) is 2.92. The van der Waals surface area contributed by atoms with Gasteiger partial charge in [-0.25, -0.2) is 9.97 Å². The molecule has 6 heteroatoms. The molecule has 0 spiro atoms. The van der Waals surface area contributed by atoms with Gasteiger partial charge in [-0.1, -0.05) is 40.2 Å². The lowest BCUT2D eigenvalue weighted by Crippen LogP contribution is -1.97. The smallest absolute Gasteiger partial charge is 0.143 e. The summed E-state index contributed by atoms with van der Waals surface area (Å²) in [5.74, 6) is 0.708. The first kappa shape index (κ1) is 16.7. The number of hydrogen-bond donors (Lipinski definition) is 1. The minimum atomic E-state index is 0.580. The van der Waals surface area contributed by atoms with E-state index in [4.69, 9.17) is 0 Å². The Hall–Kier alpha value is -2.75. The van der Waals surface area contributed by atoms with Crippen LogP contribution < -0.4 is 5.32 Å². The lowest BCUT2D eigenvalue weighted by atomic mass is 10.0. The van der Waals surface area contributed by atoms with Gasteiger partial charge in [0.1, 0.15) is 23.0 Å². The van der Waals surface area contributed by atoms with Crippen molar-refractivity contribution in [2.24, 2.45) is 0 Å². The molecular formula is C20H13BrN4S. The van der Waals surface area contributed by atoms with Gasteiger partial charge in [0.25, 0.3) is 0 Å². The van der Waals surface area contributed by atoms with E-state index in [1.54, 1.807) is 23.7 Å². The molecule has 2 aromatic heterocycles. The van der Waals surface area contributed by atoms with Gasteiger partial charge < -0.3 is 5.32 Å². The number of nitriles is 1. The van der Waals surface area contributed by atoms with Crippen molar-refractivity contribution in [3.05, 3.63) is 69.8 Å².